The van der Waals surface area contributed by atoms with E-state index in [1.54, 1.807) is 6.07 Å². The van der Waals surface area contributed by atoms with Crippen molar-refractivity contribution in [1.82, 2.24) is 5.32 Å². The molecule has 86 valence electrons. The van der Waals surface area contributed by atoms with Gasteiger partial charge in [0.2, 0.25) is 5.91 Å². The van der Waals surface area contributed by atoms with Gasteiger partial charge in [-0.25, -0.2) is 0 Å². The SMILES string of the molecule is C/C=C/CCNC(=O)Cc1ccccc1Cl. The van der Waals surface area contributed by atoms with Crippen LogP contribution in [-0.2, 0) is 11.2 Å². The van der Waals surface area contributed by atoms with Gasteiger partial charge in [0, 0.05) is 11.6 Å². The van der Waals surface area contributed by atoms with Crippen LogP contribution < -0.4 is 5.32 Å². The van der Waals surface area contributed by atoms with Crippen LogP contribution in [0.3, 0.4) is 0 Å². The van der Waals surface area contributed by atoms with Gasteiger partial charge in [-0.1, -0.05) is 42.0 Å². The van der Waals surface area contributed by atoms with Gasteiger partial charge in [0.15, 0.2) is 0 Å². The number of carbonyl (C=O) groups excluding carboxylic acids is 1. The first-order valence-corrected chi connectivity index (χ1v) is 5.73. The summed E-state index contributed by atoms with van der Waals surface area (Å²) in [6.45, 7) is 2.64. The van der Waals surface area contributed by atoms with Crippen LogP contribution in [-0.4, -0.2) is 12.5 Å². The predicted molar refractivity (Wildman–Crippen MR) is 67.6 cm³/mol. The van der Waals surface area contributed by atoms with E-state index in [1.165, 1.54) is 0 Å². The van der Waals surface area contributed by atoms with Gasteiger partial charge >= 0.3 is 0 Å². The second-order valence-electron chi connectivity index (χ2n) is 3.48. The van der Waals surface area contributed by atoms with Crippen LogP contribution in [0.4, 0.5) is 0 Å². The van der Waals surface area contributed by atoms with Crippen molar-refractivity contribution in [1.29, 1.82) is 0 Å². The van der Waals surface area contributed by atoms with Gasteiger partial charge in [0.25, 0.3) is 0 Å². The van der Waals surface area contributed by atoms with E-state index in [0.717, 1.165) is 12.0 Å². The number of halogens is 1. The average Bonchev–Trinajstić information content (AvgIpc) is 2.28. The van der Waals surface area contributed by atoms with Gasteiger partial charge in [-0.05, 0) is 25.0 Å². The molecule has 0 saturated heterocycles. The predicted octanol–water partition coefficient (Wildman–Crippen LogP) is 2.96. The second-order valence-corrected chi connectivity index (χ2v) is 3.88. The van der Waals surface area contributed by atoms with Gasteiger partial charge in [0.05, 0.1) is 6.42 Å². The Kier molecular flexibility index (Phi) is 5.65. The molecule has 0 saturated carbocycles. The summed E-state index contributed by atoms with van der Waals surface area (Å²) in [5.41, 5.74) is 0.868. The third-order valence-electron chi connectivity index (χ3n) is 2.18. The molecule has 0 aliphatic carbocycles. The van der Waals surface area contributed by atoms with Crippen molar-refractivity contribution in [2.75, 3.05) is 6.54 Å². The topological polar surface area (TPSA) is 29.1 Å². The largest absolute Gasteiger partial charge is 0.356 e. The van der Waals surface area contributed by atoms with E-state index in [1.807, 2.05) is 37.3 Å². The summed E-state index contributed by atoms with van der Waals surface area (Å²) in [5.74, 6) is 0.0117. The number of rotatable bonds is 5. The summed E-state index contributed by atoms with van der Waals surface area (Å²) >= 11 is 5.96. The van der Waals surface area contributed by atoms with Gasteiger partial charge in [0.1, 0.15) is 0 Å². The van der Waals surface area contributed by atoms with Gasteiger partial charge < -0.3 is 5.32 Å². The minimum atomic E-state index is 0.0117. The summed E-state index contributed by atoms with van der Waals surface area (Å²) in [7, 11) is 0. The standard InChI is InChI=1S/C13H16ClNO/c1-2-3-6-9-15-13(16)10-11-7-4-5-8-12(11)14/h2-5,7-8H,6,9-10H2,1H3,(H,15,16)/b3-2+. The molecule has 1 aromatic rings. The molecule has 0 aliphatic rings. The second kappa shape index (κ2) is 7.07. The average molecular weight is 238 g/mol. The van der Waals surface area contributed by atoms with E-state index in [4.69, 9.17) is 11.6 Å². The first-order valence-electron chi connectivity index (χ1n) is 5.35. The zero-order chi connectivity index (χ0) is 11.8. The lowest BCUT2D eigenvalue weighted by Gasteiger charge is -2.05. The minimum absolute atomic E-state index is 0.0117. The number of allylic oxidation sites excluding steroid dienone is 1. The highest BCUT2D eigenvalue weighted by molar-refractivity contribution is 6.31. The first-order chi connectivity index (χ1) is 7.74. The number of nitrogens with one attached hydrogen (secondary N) is 1. The molecule has 1 rings (SSSR count). The van der Waals surface area contributed by atoms with Crippen LogP contribution in [0.5, 0.6) is 0 Å². The molecule has 1 aromatic carbocycles. The summed E-state index contributed by atoms with van der Waals surface area (Å²) in [6.07, 6.45) is 5.20. The minimum Gasteiger partial charge on any atom is -0.356 e. The number of benzene rings is 1. The fourth-order valence-electron chi connectivity index (χ4n) is 1.34. The van der Waals surface area contributed by atoms with Gasteiger partial charge in [-0.2, -0.15) is 0 Å². The molecule has 0 heterocycles. The van der Waals surface area contributed by atoms with Crippen molar-refractivity contribution >= 4 is 17.5 Å². The van der Waals surface area contributed by atoms with Crippen molar-refractivity contribution in [3.05, 3.63) is 47.0 Å². The van der Waals surface area contributed by atoms with E-state index in [-0.39, 0.29) is 5.91 Å². The summed E-state index contributed by atoms with van der Waals surface area (Å²) in [6, 6.07) is 7.40. The molecule has 2 nitrogen and oxygen atoms in total. The Balaban J connectivity index is 2.37. The van der Waals surface area contributed by atoms with Crippen molar-refractivity contribution in [3.8, 4) is 0 Å². The Morgan fingerprint density at radius 2 is 2.19 bits per heavy atom. The summed E-state index contributed by atoms with van der Waals surface area (Å²) < 4.78 is 0. The summed E-state index contributed by atoms with van der Waals surface area (Å²) in [5, 5.41) is 3.49. The molecular formula is C13H16ClNO. The number of carbonyl (C=O) groups is 1. The molecule has 1 N–H and O–H groups in total. The van der Waals surface area contributed by atoms with E-state index < -0.39 is 0 Å². The van der Waals surface area contributed by atoms with E-state index in [9.17, 15) is 4.79 Å². The number of hydrogen-bond donors (Lipinski definition) is 1. The highest BCUT2D eigenvalue weighted by Crippen LogP contribution is 2.15. The van der Waals surface area contributed by atoms with Crippen LogP contribution in [0, 0.1) is 0 Å². The third-order valence-corrected chi connectivity index (χ3v) is 2.55. The van der Waals surface area contributed by atoms with Crippen molar-refractivity contribution in [3.63, 3.8) is 0 Å². The Morgan fingerprint density at radius 3 is 2.88 bits per heavy atom. The van der Waals surface area contributed by atoms with E-state index >= 15 is 0 Å². The van der Waals surface area contributed by atoms with Crippen molar-refractivity contribution in [2.24, 2.45) is 0 Å². The Morgan fingerprint density at radius 1 is 1.44 bits per heavy atom. The lowest BCUT2D eigenvalue weighted by molar-refractivity contribution is -0.120. The van der Waals surface area contributed by atoms with Gasteiger partial charge in [-0.15, -0.1) is 0 Å². The van der Waals surface area contributed by atoms with Crippen LogP contribution in [0.25, 0.3) is 0 Å². The zero-order valence-corrected chi connectivity index (χ0v) is 10.1. The lowest BCUT2D eigenvalue weighted by Crippen LogP contribution is -2.25. The molecular weight excluding hydrogens is 222 g/mol. The maximum Gasteiger partial charge on any atom is 0.224 e. The normalized spacial score (nSPS) is 10.6. The fraction of sp³-hybridized carbons (Fsp3) is 0.308. The number of hydrogen-bond acceptors (Lipinski definition) is 1. The van der Waals surface area contributed by atoms with Crippen LogP contribution in [0.1, 0.15) is 18.9 Å². The van der Waals surface area contributed by atoms with Crippen molar-refractivity contribution in [2.45, 2.75) is 19.8 Å². The summed E-state index contributed by atoms with van der Waals surface area (Å²) in [4.78, 5) is 11.5. The quantitative estimate of drug-likeness (QED) is 0.619. The Labute approximate surface area is 101 Å². The van der Waals surface area contributed by atoms with Crippen molar-refractivity contribution < 1.29 is 4.79 Å². The zero-order valence-electron chi connectivity index (χ0n) is 9.37. The van der Waals surface area contributed by atoms with Crippen LogP contribution in [0.15, 0.2) is 36.4 Å². The smallest absolute Gasteiger partial charge is 0.224 e. The van der Waals surface area contributed by atoms with Crippen LogP contribution >= 0.6 is 11.6 Å². The Hall–Kier alpha value is -1.28. The maximum atomic E-state index is 11.5. The Bertz CT molecular complexity index is 374. The monoisotopic (exact) mass is 237 g/mol. The molecule has 1 amide bonds. The molecule has 0 spiro atoms. The highest BCUT2D eigenvalue weighted by atomic mass is 35.5. The number of amides is 1. The fourth-order valence-corrected chi connectivity index (χ4v) is 1.54. The van der Waals surface area contributed by atoms with E-state index in [0.29, 0.717) is 18.0 Å². The maximum absolute atomic E-state index is 11.5. The van der Waals surface area contributed by atoms with E-state index in [2.05, 4.69) is 5.32 Å². The molecule has 16 heavy (non-hydrogen) atoms. The third kappa shape index (κ3) is 4.49. The molecule has 0 atom stereocenters. The van der Waals surface area contributed by atoms with Gasteiger partial charge in [-0.3, -0.25) is 4.79 Å². The van der Waals surface area contributed by atoms with Crippen LogP contribution in [0.2, 0.25) is 5.02 Å². The molecule has 0 radical (unpaired) electrons. The molecule has 0 aromatic heterocycles. The molecule has 0 aliphatic heterocycles. The molecule has 0 unspecified atom stereocenters. The lowest BCUT2D eigenvalue weighted by atomic mass is 10.1. The first kappa shape index (κ1) is 12.8. The molecule has 3 heteroatoms. The molecule has 0 bridgehead atoms. The molecule has 0 fully saturated rings. The highest BCUT2D eigenvalue weighted by Gasteiger charge is 2.04.